The Morgan fingerprint density at radius 2 is 1.62 bits per heavy atom. The lowest BCUT2D eigenvalue weighted by atomic mass is 10.2. The van der Waals surface area contributed by atoms with E-state index in [1.54, 1.807) is 31.3 Å². The topological polar surface area (TPSA) is 104 Å². The molecule has 0 aromatic heterocycles. The Morgan fingerprint density at radius 3 is 2.31 bits per heavy atom. The van der Waals surface area contributed by atoms with Gasteiger partial charge in [0.15, 0.2) is 17.5 Å². The van der Waals surface area contributed by atoms with Gasteiger partial charge in [-0.15, -0.1) is 0 Å². The van der Waals surface area contributed by atoms with E-state index in [1.807, 2.05) is 0 Å². The van der Waals surface area contributed by atoms with E-state index < -0.39 is 45.0 Å². The van der Waals surface area contributed by atoms with Gasteiger partial charge < -0.3 is 10.6 Å². The van der Waals surface area contributed by atoms with Crippen molar-refractivity contribution in [3.05, 3.63) is 58.9 Å². The van der Waals surface area contributed by atoms with Crippen LogP contribution in [0.2, 0.25) is 0 Å². The Hall–Kier alpha value is -2.92. The Labute approximate surface area is 165 Å². The van der Waals surface area contributed by atoms with Crippen LogP contribution in [0.15, 0.2) is 35.2 Å². The maximum Gasteiger partial charge on any atom is 0.313 e. The Balaban J connectivity index is 1.89. The predicted molar refractivity (Wildman–Crippen MR) is 99.1 cm³/mol. The fraction of sp³-hybridized carbons (Fsp3) is 0.222. The van der Waals surface area contributed by atoms with E-state index in [0.29, 0.717) is 11.6 Å². The van der Waals surface area contributed by atoms with Gasteiger partial charge in [0, 0.05) is 13.1 Å². The normalized spacial score (nSPS) is 11.2. The number of benzene rings is 2. The van der Waals surface area contributed by atoms with Gasteiger partial charge in [-0.05, 0) is 43.2 Å². The van der Waals surface area contributed by atoms with Crippen molar-refractivity contribution in [2.45, 2.75) is 18.7 Å². The minimum atomic E-state index is -3.82. The van der Waals surface area contributed by atoms with Gasteiger partial charge in [0.1, 0.15) is 0 Å². The smallest absolute Gasteiger partial charge is 0.313 e. The third kappa shape index (κ3) is 5.55. The van der Waals surface area contributed by atoms with Crippen LogP contribution in [0.4, 0.5) is 18.9 Å². The summed E-state index contributed by atoms with van der Waals surface area (Å²) in [7, 11) is -3.82. The van der Waals surface area contributed by atoms with Gasteiger partial charge in [0.05, 0.1) is 10.6 Å². The summed E-state index contributed by atoms with van der Waals surface area (Å²) in [6, 6.07) is 6.28. The highest BCUT2D eigenvalue weighted by molar-refractivity contribution is 7.89. The van der Waals surface area contributed by atoms with Crippen molar-refractivity contribution in [2.24, 2.45) is 0 Å². The summed E-state index contributed by atoms with van der Waals surface area (Å²) in [4.78, 5) is 23.5. The zero-order valence-corrected chi connectivity index (χ0v) is 16.3. The van der Waals surface area contributed by atoms with E-state index in [9.17, 15) is 31.2 Å². The Morgan fingerprint density at radius 1 is 0.931 bits per heavy atom. The molecule has 0 fully saturated rings. The number of sulfonamides is 1. The molecule has 0 aliphatic rings. The quantitative estimate of drug-likeness (QED) is 0.370. The van der Waals surface area contributed by atoms with Crippen LogP contribution in [0, 0.1) is 31.3 Å². The van der Waals surface area contributed by atoms with Crippen LogP contribution in [0.1, 0.15) is 11.1 Å². The summed E-state index contributed by atoms with van der Waals surface area (Å²) < 4.78 is 66.4. The molecular weight excluding hydrogens is 411 g/mol. The van der Waals surface area contributed by atoms with Crippen molar-refractivity contribution in [3.63, 3.8) is 0 Å². The first-order valence-electron chi connectivity index (χ1n) is 8.32. The Kier molecular flexibility index (Phi) is 6.98. The molecule has 156 valence electrons. The van der Waals surface area contributed by atoms with Crippen LogP contribution in [-0.2, 0) is 19.6 Å². The van der Waals surface area contributed by atoms with Gasteiger partial charge >= 0.3 is 11.8 Å². The van der Waals surface area contributed by atoms with Crippen LogP contribution >= 0.6 is 0 Å². The average Bonchev–Trinajstić information content (AvgIpc) is 2.67. The molecule has 0 bridgehead atoms. The van der Waals surface area contributed by atoms with E-state index in [-0.39, 0.29) is 18.0 Å². The van der Waals surface area contributed by atoms with Crippen molar-refractivity contribution >= 4 is 27.5 Å². The molecule has 2 aromatic rings. The summed E-state index contributed by atoms with van der Waals surface area (Å²) >= 11 is 0. The van der Waals surface area contributed by atoms with Crippen molar-refractivity contribution in [3.8, 4) is 0 Å². The molecule has 0 saturated heterocycles. The fourth-order valence-corrected chi connectivity index (χ4v) is 3.68. The predicted octanol–water partition coefficient (Wildman–Crippen LogP) is 1.75. The molecule has 2 amide bonds. The SMILES string of the molecule is Cc1ccc(C)c(S(=O)(=O)NCCNC(=O)C(=O)Nc2ccc(F)c(F)c2F)c1. The number of hydrogen-bond acceptors (Lipinski definition) is 4. The van der Waals surface area contributed by atoms with E-state index in [2.05, 4.69) is 10.0 Å². The van der Waals surface area contributed by atoms with Crippen LogP contribution in [0.25, 0.3) is 0 Å². The highest BCUT2D eigenvalue weighted by atomic mass is 32.2. The lowest BCUT2D eigenvalue weighted by Crippen LogP contribution is -2.40. The van der Waals surface area contributed by atoms with Crippen molar-refractivity contribution in [2.75, 3.05) is 18.4 Å². The van der Waals surface area contributed by atoms with Gasteiger partial charge in [-0.2, -0.15) is 0 Å². The number of carbonyl (C=O) groups is 2. The summed E-state index contributed by atoms with van der Waals surface area (Å²) in [6.07, 6.45) is 0. The highest BCUT2D eigenvalue weighted by Gasteiger charge is 2.20. The molecular formula is C18H18F3N3O4S. The van der Waals surface area contributed by atoms with E-state index >= 15 is 0 Å². The second-order valence-corrected chi connectivity index (χ2v) is 7.84. The summed E-state index contributed by atoms with van der Waals surface area (Å²) in [5, 5.41) is 3.93. The molecule has 2 rings (SSSR count). The molecule has 0 heterocycles. The molecule has 0 spiro atoms. The number of aryl methyl sites for hydroxylation is 2. The molecule has 7 nitrogen and oxygen atoms in total. The van der Waals surface area contributed by atoms with Gasteiger partial charge in [0.25, 0.3) is 0 Å². The van der Waals surface area contributed by atoms with Crippen molar-refractivity contribution in [1.29, 1.82) is 0 Å². The number of nitrogens with one attached hydrogen (secondary N) is 3. The minimum Gasteiger partial charge on any atom is -0.347 e. The maximum absolute atomic E-state index is 13.5. The number of halogens is 3. The summed E-state index contributed by atoms with van der Waals surface area (Å²) in [6.45, 7) is 2.93. The number of amides is 2. The molecule has 0 aliphatic heterocycles. The molecule has 0 radical (unpaired) electrons. The highest BCUT2D eigenvalue weighted by Crippen LogP contribution is 2.19. The van der Waals surface area contributed by atoms with Crippen LogP contribution in [-0.4, -0.2) is 33.3 Å². The van der Waals surface area contributed by atoms with Crippen LogP contribution in [0.3, 0.4) is 0 Å². The lowest BCUT2D eigenvalue weighted by Gasteiger charge is -2.11. The number of rotatable bonds is 6. The molecule has 11 heteroatoms. The Bertz CT molecular complexity index is 1060. The van der Waals surface area contributed by atoms with E-state index in [0.717, 1.165) is 11.6 Å². The second kappa shape index (κ2) is 9.05. The summed E-state index contributed by atoms with van der Waals surface area (Å²) in [5.74, 6) is -7.41. The summed E-state index contributed by atoms with van der Waals surface area (Å²) in [5.41, 5.74) is 0.588. The second-order valence-electron chi connectivity index (χ2n) is 6.10. The molecule has 0 atom stereocenters. The first kappa shape index (κ1) is 22.4. The third-order valence-corrected chi connectivity index (χ3v) is 5.43. The average molecular weight is 429 g/mol. The number of hydrogen-bond donors (Lipinski definition) is 3. The monoisotopic (exact) mass is 429 g/mol. The van der Waals surface area contributed by atoms with Crippen molar-refractivity contribution in [1.82, 2.24) is 10.0 Å². The first-order chi connectivity index (χ1) is 13.5. The van der Waals surface area contributed by atoms with Gasteiger partial charge in [0.2, 0.25) is 10.0 Å². The molecule has 0 unspecified atom stereocenters. The molecule has 2 aromatic carbocycles. The fourth-order valence-electron chi connectivity index (χ4n) is 2.32. The largest absolute Gasteiger partial charge is 0.347 e. The zero-order valence-electron chi connectivity index (χ0n) is 15.5. The van der Waals surface area contributed by atoms with Crippen molar-refractivity contribution < 1.29 is 31.2 Å². The molecule has 3 N–H and O–H groups in total. The minimum absolute atomic E-state index is 0.0929. The first-order valence-corrected chi connectivity index (χ1v) is 9.81. The van der Waals surface area contributed by atoms with Gasteiger partial charge in [-0.3, -0.25) is 9.59 Å². The zero-order chi connectivity index (χ0) is 21.8. The number of anilines is 1. The van der Waals surface area contributed by atoms with Crippen LogP contribution < -0.4 is 15.4 Å². The maximum atomic E-state index is 13.5. The van der Waals surface area contributed by atoms with E-state index in [4.69, 9.17) is 0 Å². The number of carbonyl (C=O) groups excluding carboxylic acids is 2. The molecule has 0 saturated carbocycles. The molecule has 0 aliphatic carbocycles. The standard InChI is InChI=1S/C18H18F3N3O4S/c1-10-3-4-11(2)14(9-10)29(27,28)23-8-7-22-17(25)18(26)24-13-6-5-12(19)15(20)16(13)21/h3-6,9,23H,7-8H2,1-2H3,(H,22,25)(H,24,26). The third-order valence-electron chi connectivity index (χ3n) is 3.83. The van der Waals surface area contributed by atoms with Gasteiger partial charge in [-0.1, -0.05) is 12.1 Å². The lowest BCUT2D eigenvalue weighted by molar-refractivity contribution is -0.136. The van der Waals surface area contributed by atoms with E-state index in [1.165, 1.54) is 6.07 Å². The van der Waals surface area contributed by atoms with Gasteiger partial charge in [-0.25, -0.2) is 26.3 Å². The molecule has 29 heavy (non-hydrogen) atoms. The van der Waals surface area contributed by atoms with Crippen LogP contribution in [0.5, 0.6) is 0 Å².